The van der Waals surface area contributed by atoms with Crippen LogP contribution >= 0.6 is 0 Å². The van der Waals surface area contributed by atoms with Crippen LogP contribution in [0.5, 0.6) is 0 Å². The first-order chi connectivity index (χ1) is 11.6. The molecule has 1 aromatic heterocycles. The first-order valence-corrected chi connectivity index (χ1v) is 7.42. The summed E-state index contributed by atoms with van der Waals surface area (Å²) in [6.45, 7) is 0. The zero-order valence-electron chi connectivity index (χ0n) is 12.5. The van der Waals surface area contributed by atoms with E-state index >= 15 is 0 Å². The van der Waals surface area contributed by atoms with E-state index in [2.05, 4.69) is 0 Å². The summed E-state index contributed by atoms with van der Waals surface area (Å²) in [6, 6.07) is 10.1. The molecule has 4 rings (SSSR count). The number of allylic oxidation sites excluding steroid dienone is 5. The predicted molar refractivity (Wildman–Crippen MR) is 88.1 cm³/mol. The standard InChI is InChI=1S/C17H13N5O2/c18-10-13-14(11-6-4-5-7-11)21-16(23)20(12-8-2-1-3-9-12)17(24)22(21)15(13)19/h1-9,11,14H,19H2. The highest BCUT2D eigenvalue weighted by Crippen LogP contribution is 2.35. The average Bonchev–Trinajstić information content (AvgIpc) is 3.26. The first-order valence-electron chi connectivity index (χ1n) is 7.42. The van der Waals surface area contributed by atoms with Gasteiger partial charge >= 0.3 is 11.4 Å². The van der Waals surface area contributed by atoms with Crippen molar-refractivity contribution in [2.24, 2.45) is 11.7 Å². The second-order valence-electron chi connectivity index (χ2n) is 5.60. The van der Waals surface area contributed by atoms with Gasteiger partial charge in [-0.05, 0) is 12.1 Å². The molecule has 118 valence electrons. The normalized spacial score (nSPS) is 19.0. The Kier molecular flexibility index (Phi) is 2.93. The first kappa shape index (κ1) is 14.1. The highest BCUT2D eigenvalue weighted by molar-refractivity contribution is 5.58. The van der Waals surface area contributed by atoms with Crippen LogP contribution in [0.3, 0.4) is 0 Å². The minimum Gasteiger partial charge on any atom is -0.383 e. The Hall–Kier alpha value is -3.53. The maximum Gasteiger partial charge on any atom is 0.358 e. The Morgan fingerprint density at radius 3 is 2.33 bits per heavy atom. The molecule has 0 fully saturated rings. The molecule has 1 aliphatic heterocycles. The number of fused-ring (bicyclic) bond motifs is 1. The molecule has 0 bridgehead atoms. The Labute approximate surface area is 136 Å². The van der Waals surface area contributed by atoms with E-state index in [4.69, 9.17) is 5.73 Å². The van der Waals surface area contributed by atoms with E-state index in [1.54, 1.807) is 30.3 Å². The average molecular weight is 319 g/mol. The molecule has 0 saturated carbocycles. The molecule has 0 spiro atoms. The van der Waals surface area contributed by atoms with Crippen LogP contribution in [-0.2, 0) is 0 Å². The second-order valence-corrected chi connectivity index (χ2v) is 5.60. The van der Waals surface area contributed by atoms with Gasteiger partial charge in [-0.15, -0.1) is 0 Å². The van der Waals surface area contributed by atoms with E-state index in [0.29, 0.717) is 5.69 Å². The number of aromatic nitrogens is 3. The molecule has 0 amide bonds. The highest BCUT2D eigenvalue weighted by atomic mass is 16.2. The molecule has 1 unspecified atom stereocenters. The van der Waals surface area contributed by atoms with Gasteiger partial charge in [0.1, 0.15) is 17.9 Å². The van der Waals surface area contributed by atoms with Crippen LogP contribution in [0.1, 0.15) is 6.04 Å². The van der Waals surface area contributed by atoms with E-state index in [1.165, 1.54) is 4.68 Å². The molecule has 2 heterocycles. The largest absolute Gasteiger partial charge is 0.383 e. The molecule has 2 aliphatic rings. The van der Waals surface area contributed by atoms with Gasteiger partial charge in [0.2, 0.25) is 0 Å². The number of hydrogen-bond acceptors (Lipinski definition) is 4. The molecule has 0 saturated heterocycles. The van der Waals surface area contributed by atoms with Crippen molar-refractivity contribution in [1.82, 2.24) is 13.9 Å². The van der Waals surface area contributed by atoms with Crippen molar-refractivity contribution in [3.05, 3.63) is 81.2 Å². The molecule has 0 radical (unpaired) electrons. The smallest absolute Gasteiger partial charge is 0.358 e. The number of nitrogens with two attached hydrogens (primary N) is 1. The zero-order chi connectivity index (χ0) is 16.8. The van der Waals surface area contributed by atoms with Crippen LogP contribution in [0.4, 0.5) is 0 Å². The molecule has 24 heavy (non-hydrogen) atoms. The van der Waals surface area contributed by atoms with Crippen LogP contribution in [0, 0.1) is 17.2 Å². The van der Waals surface area contributed by atoms with Crippen molar-refractivity contribution < 1.29 is 0 Å². The van der Waals surface area contributed by atoms with Crippen molar-refractivity contribution >= 4 is 5.82 Å². The monoisotopic (exact) mass is 319 g/mol. The predicted octanol–water partition coefficient (Wildman–Crippen LogP) is 0.748. The fourth-order valence-corrected chi connectivity index (χ4v) is 3.24. The lowest BCUT2D eigenvalue weighted by Crippen LogP contribution is -2.31. The second kappa shape index (κ2) is 4.99. The van der Waals surface area contributed by atoms with Crippen LogP contribution in [0.15, 0.2) is 69.8 Å². The summed E-state index contributed by atoms with van der Waals surface area (Å²) in [5, 5.41) is 9.45. The van der Waals surface area contributed by atoms with Crippen LogP contribution in [0.2, 0.25) is 0 Å². The van der Waals surface area contributed by atoms with Crippen molar-refractivity contribution in [3.63, 3.8) is 0 Å². The fraction of sp³-hybridized carbons (Fsp3) is 0.118. The Balaban J connectivity index is 2.02. The van der Waals surface area contributed by atoms with Crippen molar-refractivity contribution in [1.29, 1.82) is 5.26 Å². The van der Waals surface area contributed by atoms with E-state index in [1.807, 2.05) is 30.4 Å². The Morgan fingerprint density at radius 2 is 1.71 bits per heavy atom. The van der Waals surface area contributed by atoms with E-state index in [0.717, 1.165) is 9.25 Å². The van der Waals surface area contributed by atoms with Gasteiger partial charge < -0.3 is 5.73 Å². The topological polar surface area (TPSA) is 98.7 Å². The Morgan fingerprint density at radius 1 is 1.04 bits per heavy atom. The van der Waals surface area contributed by atoms with Crippen molar-refractivity contribution in [2.75, 3.05) is 0 Å². The summed E-state index contributed by atoms with van der Waals surface area (Å²) in [7, 11) is 0. The van der Waals surface area contributed by atoms with Gasteiger partial charge in [0, 0.05) is 5.92 Å². The molecular weight excluding hydrogens is 306 g/mol. The van der Waals surface area contributed by atoms with Crippen LogP contribution < -0.4 is 17.1 Å². The van der Waals surface area contributed by atoms with Gasteiger partial charge in [0.25, 0.3) is 0 Å². The number of benzene rings is 1. The summed E-state index contributed by atoms with van der Waals surface area (Å²) < 4.78 is 3.43. The van der Waals surface area contributed by atoms with E-state index in [9.17, 15) is 14.9 Å². The third kappa shape index (κ3) is 1.71. The molecule has 2 aromatic rings. The molecule has 2 N–H and O–H groups in total. The molecule has 7 nitrogen and oxygen atoms in total. The third-order valence-electron chi connectivity index (χ3n) is 4.32. The summed E-state index contributed by atoms with van der Waals surface area (Å²) >= 11 is 0. The lowest BCUT2D eigenvalue weighted by molar-refractivity contribution is 0.448. The summed E-state index contributed by atoms with van der Waals surface area (Å²) in [5.41, 5.74) is 5.61. The minimum absolute atomic E-state index is 0.00739. The van der Waals surface area contributed by atoms with Gasteiger partial charge in [0.05, 0.1) is 11.3 Å². The zero-order valence-corrected chi connectivity index (χ0v) is 12.5. The van der Waals surface area contributed by atoms with Crippen molar-refractivity contribution in [3.8, 4) is 11.8 Å². The molecule has 1 aromatic carbocycles. The van der Waals surface area contributed by atoms with Crippen LogP contribution in [0.25, 0.3) is 11.5 Å². The lowest BCUT2D eigenvalue weighted by Gasteiger charge is -2.16. The van der Waals surface area contributed by atoms with Gasteiger partial charge in [-0.3, -0.25) is 0 Å². The maximum atomic E-state index is 12.9. The van der Waals surface area contributed by atoms with Gasteiger partial charge in [-0.1, -0.05) is 42.5 Å². The van der Waals surface area contributed by atoms with E-state index < -0.39 is 17.4 Å². The lowest BCUT2D eigenvalue weighted by atomic mass is 9.95. The summed E-state index contributed by atoms with van der Waals surface area (Å²) in [4.78, 5) is 25.7. The molecule has 7 heteroatoms. The molecular formula is C17H13N5O2. The van der Waals surface area contributed by atoms with Crippen LogP contribution in [-0.4, -0.2) is 13.9 Å². The van der Waals surface area contributed by atoms with Gasteiger partial charge in [-0.25, -0.2) is 18.8 Å². The number of nitrogens with zero attached hydrogens (tertiary/aromatic N) is 4. The van der Waals surface area contributed by atoms with Gasteiger partial charge in [0.15, 0.2) is 0 Å². The van der Waals surface area contributed by atoms with Gasteiger partial charge in [-0.2, -0.15) is 9.94 Å². The number of para-hydroxylation sites is 1. The highest BCUT2D eigenvalue weighted by Gasteiger charge is 2.39. The molecule has 1 atom stereocenters. The number of rotatable bonds is 2. The summed E-state index contributed by atoms with van der Waals surface area (Å²) in [5.74, 6) is -0.191. The third-order valence-corrected chi connectivity index (χ3v) is 4.32. The van der Waals surface area contributed by atoms with E-state index in [-0.39, 0.29) is 17.3 Å². The maximum absolute atomic E-state index is 12.9. The fourth-order valence-electron chi connectivity index (χ4n) is 3.24. The Bertz CT molecular complexity index is 1060. The minimum atomic E-state index is -0.616. The number of nitriles is 1. The molecule has 1 aliphatic carbocycles. The SMILES string of the molecule is N#CC1=C(N)n2c(=O)n(-c3ccccc3)c(=O)n2C1C1C=CC=C1. The summed E-state index contributed by atoms with van der Waals surface area (Å²) in [6.07, 6.45) is 7.44. The quantitative estimate of drug-likeness (QED) is 0.883. The number of hydrogen-bond donors (Lipinski definition) is 1. The van der Waals surface area contributed by atoms with Crippen molar-refractivity contribution in [2.45, 2.75) is 6.04 Å².